The van der Waals surface area contributed by atoms with E-state index in [-0.39, 0.29) is 0 Å². The third-order valence-corrected chi connectivity index (χ3v) is 3.45. The van der Waals surface area contributed by atoms with Crippen molar-refractivity contribution >= 4 is 0 Å². The lowest BCUT2D eigenvalue weighted by atomic mass is 9.90. The maximum atomic E-state index is 9.48. The van der Waals surface area contributed by atoms with Crippen LogP contribution in [0.25, 0.3) is 0 Å². The first-order valence-electron chi connectivity index (χ1n) is 5.84. The number of rotatable bonds is 2. The Morgan fingerprint density at radius 3 is 2.44 bits per heavy atom. The minimum absolute atomic E-state index is 0.497. The van der Waals surface area contributed by atoms with E-state index in [0.717, 1.165) is 18.7 Å². The maximum absolute atomic E-state index is 9.48. The van der Waals surface area contributed by atoms with Crippen molar-refractivity contribution in [1.82, 2.24) is 9.88 Å². The molecule has 2 heterocycles. The Morgan fingerprint density at radius 1 is 1.25 bits per heavy atom. The summed E-state index contributed by atoms with van der Waals surface area (Å²) in [4.78, 5) is 6.29. The molecule has 1 atom stereocenters. The van der Waals surface area contributed by atoms with Gasteiger partial charge in [0, 0.05) is 12.4 Å². The number of hydrogen-bond donors (Lipinski definition) is 0. The van der Waals surface area contributed by atoms with Gasteiger partial charge in [-0.2, -0.15) is 5.26 Å². The van der Waals surface area contributed by atoms with E-state index in [1.165, 1.54) is 19.3 Å². The van der Waals surface area contributed by atoms with Gasteiger partial charge >= 0.3 is 0 Å². The van der Waals surface area contributed by atoms with E-state index in [4.69, 9.17) is 0 Å². The molecule has 16 heavy (non-hydrogen) atoms. The minimum Gasteiger partial charge on any atom is -0.282 e. The molecular formula is C13H17N3. The summed E-state index contributed by atoms with van der Waals surface area (Å²) in [5.41, 5.74) is 0.551. The molecule has 1 unspecified atom stereocenters. The van der Waals surface area contributed by atoms with Gasteiger partial charge in [-0.25, -0.2) is 0 Å². The van der Waals surface area contributed by atoms with Gasteiger partial charge in [-0.15, -0.1) is 0 Å². The lowest BCUT2D eigenvalue weighted by Crippen LogP contribution is -2.45. The second kappa shape index (κ2) is 4.63. The molecule has 0 N–H and O–H groups in total. The fraction of sp³-hybridized carbons (Fsp3) is 0.538. The normalized spacial score (nSPS) is 21.0. The molecule has 1 fully saturated rings. The Balaban J connectivity index is 2.29. The first kappa shape index (κ1) is 11.1. The molecule has 1 aromatic heterocycles. The SMILES string of the molecule is CC(C#N)(c1ccncc1)N1CCCCC1. The number of nitriles is 1. The van der Waals surface area contributed by atoms with Gasteiger partial charge in [-0.1, -0.05) is 6.42 Å². The monoisotopic (exact) mass is 215 g/mol. The Hall–Kier alpha value is -1.40. The summed E-state index contributed by atoms with van der Waals surface area (Å²) in [7, 11) is 0. The molecule has 0 spiro atoms. The summed E-state index contributed by atoms with van der Waals surface area (Å²) in [6.45, 7) is 4.05. The summed E-state index contributed by atoms with van der Waals surface area (Å²) in [6, 6.07) is 6.35. The molecule has 1 saturated heterocycles. The van der Waals surface area contributed by atoms with Crippen LogP contribution >= 0.6 is 0 Å². The zero-order valence-corrected chi connectivity index (χ0v) is 9.69. The van der Waals surface area contributed by atoms with Crippen molar-refractivity contribution in [3.8, 4) is 6.07 Å². The molecule has 84 valence electrons. The smallest absolute Gasteiger partial charge is 0.132 e. The summed E-state index contributed by atoms with van der Waals surface area (Å²) in [5, 5.41) is 9.48. The van der Waals surface area contributed by atoms with Crippen LogP contribution in [0.4, 0.5) is 0 Å². The molecule has 0 bridgehead atoms. The van der Waals surface area contributed by atoms with Crippen molar-refractivity contribution in [3.63, 3.8) is 0 Å². The first-order valence-corrected chi connectivity index (χ1v) is 5.84. The van der Waals surface area contributed by atoms with Crippen LogP contribution in [0.2, 0.25) is 0 Å². The molecule has 2 rings (SSSR count). The number of likely N-dealkylation sites (tertiary alicyclic amines) is 1. The van der Waals surface area contributed by atoms with Crippen LogP contribution in [0.1, 0.15) is 31.7 Å². The molecule has 3 nitrogen and oxygen atoms in total. The highest BCUT2D eigenvalue weighted by atomic mass is 15.2. The number of hydrogen-bond acceptors (Lipinski definition) is 3. The highest BCUT2D eigenvalue weighted by Crippen LogP contribution is 2.29. The zero-order chi connectivity index (χ0) is 11.4. The van der Waals surface area contributed by atoms with Gasteiger partial charge in [-0.3, -0.25) is 9.88 Å². The highest BCUT2D eigenvalue weighted by molar-refractivity contribution is 5.28. The predicted molar refractivity (Wildman–Crippen MR) is 62.6 cm³/mol. The van der Waals surface area contributed by atoms with Gasteiger partial charge in [0.1, 0.15) is 5.54 Å². The van der Waals surface area contributed by atoms with Gasteiger partial charge in [0.2, 0.25) is 0 Å². The largest absolute Gasteiger partial charge is 0.282 e. The third kappa shape index (κ3) is 1.94. The van der Waals surface area contributed by atoms with Crippen LogP contribution in [0.5, 0.6) is 0 Å². The van der Waals surface area contributed by atoms with Crippen molar-refractivity contribution in [2.75, 3.05) is 13.1 Å². The van der Waals surface area contributed by atoms with Crippen LogP contribution < -0.4 is 0 Å². The van der Waals surface area contributed by atoms with E-state index in [1.807, 2.05) is 19.1 Å². The molecule has 0 aliphatic carbocycles. The predicted octanol–water partition coefficient (Wildman–Crippen LogP) is 2.31. The summed E-state index contributed by atoms with van der Waals surface area (Å²) >= 11 is 0. The Bertz CT molecular complexity index is 376. The average molecular weight is 215 g/mol. The van der Waals surface area contributed by atoms with Gasteiger partial charge < -0.3 is 0 Å². The number of nitrogens with zero attached hydrogens (tertiary/aromatic N) is 3. The molecule has 1 aromatic rings. The molecular weight excluding hydrogens is 198 g/mol. The zero-order valence-electron chi connectivity index (χ0n) is 9.69. The second-order valence-corrected chi connectivity index (χ2v) is 4.47. The summed E-state index contributed by atoms with van der Waals surface area (Å²) in [5.74, 6) is 0. The van der Waals surface area contributed by atoms with Gasteiger partial charge in [0.15, 0.2) is 0 Å². The van der Waals surface area contributed by atoms with Crippen LogP contribution in [-0.4, -0.2) is 23.0 Å². The van der Waals surface area contributed by atoms with E-state index in [0.29, 0.717) is 0 Å². The van der Waals surface area contributed by atoms with Gasteiger partial charge in [-0.05, 0) is 50.6 Å². The number of aromatic nitrogens is 1. The lowest BCUT2D eigenvalue weighted by Gasteiger charge is -2.38. The molecule has 0 aromatic carbocycles. The fourth-order valence-corrected chi connectivity index (χ4v) is 2.34. The topological polar surface area (TPSA) is 39.9 Å². The quantitative estimate of drug-likeness (QED) is 0.760. The first-order chi connectivity index (χ1) is 7.77. The minimum atomic E-state index is -0.497. The Labute approximate surface area is 96.7 Å². The van der Waals surface area contributed by atoms with Crippen molar-refractivity contribution < 1.29 is 0 Å². The molecule has 0 amide bonds. The van der Waals surface area contributed by atoms with Crippen molar-refractivity contribution in [1.29, 1.82) is 5.26 Å². The van der Waals surface area contributed by atoms with E-state index in [2.05, 4.69) is 16.0 Å². The summed E-state index contributed by atoms with van der Waals surface area (Å²) < 4.78 is 0. The Kier molecular flexibility index (Phi) is 3.21. The molecule has 1 aliphatic rings. The average Bonchev–Trinajstić information content (AvgIpc) is 2.40. The molecule has 0 radical (unpaired) electrons. The molecule has 1 aliphatic heterocycles. The van der Waals surface area contributed by atoms with Crippen LogP contribution in [0.15, 0.2) is 24.5 Å². The number of piperidine rings is 1. The lowest BCUT2D eigenvalue weighted by molar-refractivity contribution is 0.123. The molecule has 3 heteroatoms. The van der Waals surface area contributed by atoms with E-state index >= 15 is 0 Å². The second-order valence-electron chi connectivity index (χ2n) is 4.47. The van der Waals surface area contributed by atoms with E-state index in [9.17, 15) is 5.26 Å². The maximum Gasteiger partial charge on any atom is 0.132 e. The van der Waals surface area contributed by atoms with Crippen LogP contribution in [0.3, 0.4) is 0 Å². The number of pyridine rings is 1. The van der Waals surface area contributed by atoms with Crippen LogP contribution in [-0.2, 0) is 5.54 Å². The van der Waals surface area contributed by atoms with Crippen molar-refractivity contribution in [3.05, 3.63) is 30.1 Å². The van der Waals surface area contributed by atoms with Crippen molar-refractivity contribution in [2.24, 2.45) is 0 Å². The van der Waals surface area contributed by atoms with E-state index in [1.54, 1.807) is 12.4 Å². The highest BCUT2D eigenvalue weighted by Gasteiger charge is 2.34. The summed E-state index contributed by atoms with van der Waals surface area (Å²) in [6.07, 6.45) is 7.20. The van der Waals surface area contributed by atoms with E-state index < -0.39 is 5.54 Å². The standard InChI is InChI=1S/C13H17N3/c1-13(11-14,12-5-7-15-8-6-12)16-9-3-2-4-10-16/h5-8H,2-4,9-10H2,1H3. The Morgan fingerprint density at radius 2 is 1.88 bits per heavy atom. The molecule has 0 saturated carbocycles. The van der Waals surface area contributed by atoms with Gasteiger partial charge in [0.05, 0.1) is 6.07 Å². The fourth-order valence-electron chi connectivity index (χ4n) is 2.34. The third-order valence-electron chi connectivity index (χ3n) is 3.45. The van der Waals surface area contributed by atoms with Crippen molar-refractivity contribution in [2.45, 2.75) is 31.7 Å². The van der Waals surface area contributed by atoms with Crippen LogP contribution in [0, 0.1) is 11.3 Å². The van der Waals surface area contributed by atoms with Gasteiger partial charge in [0.25, 0.3) is 0 Å².